The fraction of sp³-hybridized carbons (Fsp3) is 0.556. The number of carbonyl (C=O) groups is 2. The molecule has 0 aliphatic heterocycles. The highest BCUT2D eigenvalue weighted by molar-refractivity contribution is 5.94. The molecule has 0 bridgehead atoms. The zero-order valence-electron chi connectivity index (χ0n) is 15.4. The van der Waals surface area contributed by atoms with Crippen LogP contribution in [0.2, 0.25) is 0 Å². The number of ether oxygens (including phenoxy) is 2. The Morgan fingerprint density at radius 2 is 1.73 bits per heavy atom. The first kappa shape index (κ1) is 22.0. The summed E-state index contributed by atoms with van der Waals surface area (Å²) in [4.78, 5) is 24.3. The monoisotopic (exact) mass is 375 g/mol. The van der Waals surface area contributed by atoms with E-state index >= 15 is 0 Å². The lowest BCUT2D eigenvalue weighted by Gasteiger charge is -2.21. The van der Waals surface area contributed by atoms with Crippen molar-refractivity contribution in [2.24, 2.45) is 11.7 Å². The second-order valence-corrected chi connectivity index (χ2v) is 7.37. The fourth-order valence-electron chi connectivity index (χ4n) is 2.07. The van der Waals surface area contributed by atoms with Gasteiger partial charge in [-0.05, 0) is 51.3 Å². The molecule has 0 spiro atoms. The van der Waals surface area contributed by atoms with Gasteiger partial charge in [-0.3, -0.25) is 0 Å². The summed E-state index contributed by atoms with van der Waals surface area (Å²) in [6, 6.07) is 1.23. The van der Waals surface area contributed by atoms with Gasteiger partial charge in [0.15, 0.2) is 0 Å². The van der Waals surface area contributed by atoms with E-state index < -0.39 is 41.1 Å². The Bertz CT molecular complexity index is 663. The molecule has 146 valence electrons. The molecule has 1 aromatic carbocycles. The van der Waals surface area contributed by atoms with Crippen molar-refractivity contribution in [2.75, 3.05) is 0 Å². The number of halogens is 3. The van der Waals surface area contributed by atoms with Crippen molar-refractivity contribution < 1.29 is 32.2 Å². The van der Waals surface area contributed by atoms with E-state index in [2.05, 4.69) is 0 Å². The second kappa shape index (κ2) is 8.07. The molecule has 26 heavy (non-hydrogen) atoms. The maximum atomic E-state index is 13.0. The summed E-state index contributed by atoms with van der Waals surface area (Å²) in [7, 11) is 0. The molecule has 1 aromatic rings. The van der Waals surface area contributed by atoms with Gasteiger partial charge in [0.2, 0.25) is 0 Å². The van der Waals surface area contributed by atoms with Crippen molar-refractivity contribution in [1.29, 1.82) is 0 Å². The fourth-order valence-corrected chi connectivity index (χ4v) is 2.07. The number of hydrogen-bond acceptors (Lipinski definition) is 5. The van der Waals surface area contributed by atoms with Gasteiger partial charge < -0.3 is 15.2 Å². The summed E-state index contributed by atoms with van der Waals surface area (Å²) in [6.45, 7) is 8.50. The van der Waals surface area contributed by atoms with Gasteiger partial charge in [-0.2, -0.15) is 13.2 Å². The minimum absolute atomic E-state index is 0.0874. The van der Waals surface area contributed by atoms with Gasteiger partial charge in [0.25, 0.3) is 0 Å². The van der Waals surface area contributed by atoms with Crippen molar-refractivity contribution in [3.8, 4) is 5.75 Å². The summed E-state index contributed by atoms with van der Waals surface area (Å²) < 4.78 is 49.0. The Balaban J connectivity index is 3.22. The average Bonchev–Trinajstić information content (AvgIpc) is 2.43. The smallest absolute Gasteiger partial charge is 0.416 e. The first-order valence-electron chi connectivity index (χ1n) is 8.12. The molecule has 8 heteroatoms. The van der Waals surface area contributed by atoms with Crippen LogP contribution >= 0.6 is 0 Å². The van der Waals surface area contributed by atoms with Crippen molar-refractivity contribution in [2.45, 2.75) is 58.9 Å². The van der Waals surface area contributed by atoms with E-state index in [9.17, 15) is 22.8 Å². The maximum Gasteiger partial charge on any atom is 0.416 e. The van der Waals surface area contributed by atoms with Gasteiger partial charge in [-0.1, -0.05) is 13.8 Å². The SMILES string of the molecule is CC(C)CC(N)C(=O)Oc1cc(C(F)(F)F)ccc1C(=O)OC(C)(C)C. The van der Waals surface area contributed by atoms with Crippen LogP contribution in [-0.4, -0.2) is 23.6 Å². The zero-order chi connectivity index (χ0) is 20.3. The normalized spacial score (nSPS) is 13.5. The Morgan fingerprint density at radius 3 is 2.19 bits per heavy atom. The van der Waals surface area contributed by atoms with Crippen molar-refractivity contribution >= 4 is 11.9 Å². The number of carbonyl (C=O) groups excluding carboxylic acids is 2. The summed E-state index contributed by atoms with van der Waals surface area (Å²) >= 11 is 0. The van der Waals surface area contributed by atoms with Gasteiger partial charge in [0, 0.05) is 0 Å². The molecule has 0 amide bonds. The summed E-state index contributed by atoms with van der Waals surface area (Å²) in [5.41, 5.74) is 3.51. The highest BCUT2D eigenvalue weighted by Gasteiger charge is 2.33. The molecule has 1 rings (SSSR count). The first-order chi connectivity index (χ1) is 11.7. The van der Waals surface area contributed by atoms with Crippen LogP contribution in [0.1, 0.15) is 57.0 Å². The molecule has 5 nitrogen and oxygen atoms in total. The van der Waals surface area contributed by atoms with Crippen LogP contribution in [0, 0.1) is 5.92 Å². The average molecular weight is 375 g/mol. The molecular formula is C18H24F3NO4. The maximum absolute atomic E-state index is 13.0. The molecule has 1 atom stereocenters. The van der Waals surface area contributed by atoms with Crippen LogP contribution < -0.4 is 10.5 Å². The largest absolute Gasteiger partial charge is 0.456 e. The topological polar surface area (TPSA) is 78.6 Å². The Kier molecular flexibility index (Phi) is 6.82. The van der Waals surface area contributed by atoms with Gasteiger partial charge in [0.05, 0.1) is 5.56 Å². The molecule has 0 aliphatic rings. The molecule has 1 unspecified atom stereocenters. The van der Waals surface area contributed by atoms with Crippen molar-refractivity contribution in [3.05, 3.63) is 29.3 Å². The molecule has 0 heterocycles. The van der Waals surface area contributed by atoms with Crippen LogP contribution in [0.4, 0.5) is 13.2 Å². The lowest BCUT2D eigenvalue weighted by molar-refractivity contribution is -0.139. The standard InChI is InChI=1S/C18H24F3NO4/c1-10(2)8-13(22)16(24)25-14-9-11(18(19,20)21)6-7-12(14)15(23)26-17(3,4)5/h6-7,9-10,13H,8,22H2,1-5H3. The molecule has 0 saturated carbocycles. The number of esters is 2. The predicted molar refractivity (Wildman–Crippen MR) is 89.7 cm³/mol. The van der Waals surface area contributed by atoms with E-state index in [1.54, 1.807) is 20.8 Å². The van der Waals surface area contributed by atoms with Gasteiger partial charge in [-0.25, -0.2) is 9.59 Å². The number of nitrogens with two attached hydrogens (primary N) is 1. The molecule has 2 N–H and O–H groups in total. The first-order valence-corrected chi connectivity index (χ1v) is 8.12. The third-order valence-electron chi connectivity index (χ3n) is 3.17. The molecule has 0 saturated heterocycles. The molecule has 0 aliphatic carbocycles. The van der Waals surface area contributed by atoms with Crippen molar-refractivity contribution in [1.82, 2.24) is 0 Å². The third-order valence-corrected chi connectivity index (χ3v) is 3.17. The lowest BCUT2D eigenvalue weighted by atomic mass is 10.0. The van der Waals surface area contributed by atoms with Crippen LogP contribution in [0.15, 0.2) is 18.2 Å². The van der Waals surface area contributed by atoms with E-state index in [0.29, 0.717) is 12.5 Å². The quantitative estimate of drug-likeness (QED) is 0.623. The van der Waals surface area contributed by atoms with Gasteiger partial charge in [-0.15, -0.1) is 0 Å². The van der Waals surface area contributed by atoms with Gasteiger partial charge >= 0.3 is 18.1 Å². The molecule has 0 aromatic heterocycles. The van der Waals surface area contributed by atoms with Crippen LogP contribution in [-0.2, 0) is 15.7 Å². The number of benzene rings is 1. The predicted octanol–water partition coefficient (Wildman–Crippen LogP) is 3.94. The summed E-state index contributed by atoms with van der Waals surface area (Å²) in [5, 5.41) is 0. The van der Waals surface area contributed by atoms with E-state index in [4.69, 9.17) is 15.2 Å². The Labute approximate surface area is 150 Å². The summed E-state index contributed by atoms with van der Waals surface area (Å²) in [6.07, 6.45) is -4.37. The minimum Gasteiger partial charge on any atom is -0.456 e. The summed E-state index contributed by atoms with van der Waals surface area (Å²) in [5.74, 6) is -2.25. The van der Waals surface area contributed by atoms with E-state index in [1.165, 1.54) is 0 Å². The highest BCUT2D eigenvalue weighted by atomic mass is 19.4. The van der Waals surface area contributed by atoms with Crippen LogP contribution in [0.5, 0.6) is 5.75 Å². The number of hydrogen-bond donors (Lipinski definition) is 1. The Hall–Kier alpha value is -2.09. The zero-order valence-corrected chi connectivity index (χ0v) is 15.4. The molecule has 0 fully saturated rings. The van der Waals surface area contributed by atoms with E-state index in [-0.39, 0.29) is 11.5 Å². The van der Waals surface area contributed by atoms with E-state index in [0.717, 1.165) is 12.1 Å². The van der Waals surface area contributed by atoms with Crippen LogP contribution in [0.25, 0.3) is 0 Å². The third kappa shape index (κ3) is 6.67. The van der Waals surface area contributed by atoms with Gasteiger partial charge in [0.1, 0.15) is 23.0 Å². The molecular weight excluding hydrogens is 351 g/mol. The number of alkyl halides is 3. The Morgan fingerprint density at radius 1 is 1.15 bits per heavy atom. The van der Waals surface area contributed by atoms with E-state index in [1.807, 2.05) is 13.8 Å². The molecule has 0 radical (unpaired) electrons. The second-order valence-electron chi connectivity index (χ2n) is 7.37. The highest BCUT2D eigenvalue weighted by Crippen LogP contribution is 2.34. The number of rotatable bonds is 5. The van der Waals surface area contributed by atoms with Crippen LogP contribution in [0.3, 0.4) is 0 Å². The minimum atomic E-state index is -4.66. The lowest BCUT2D eigenvalue weighted by Crippen LogP contribution is -2.36. The van der Waals surface area contributed by atoms with Crippen molar-refractivity contribution in [3.63, 3.8) is 0 Å².